The predicted molar refractivity (Wildman–Crippen MR) is 71.2 cm³/mol. The molecule has 2 rings (SSSR count). The van der Waals surface area contributed by atoms with Crippen molar-refractivity contribution < 1.29 is 22.8 Å². The van der Waals surface area contributed by atoms with E-state index in [2.05, 4.69) is 10.3 Å². The molecule has 0 unspecified atom stereocenters. The molecule has 0 radical (unpaired) electrons. The lowest BCUT2D eigenvalue weighted by molar-refractivity contribution is -0.136. The monoisotopic (exact) mass is 316 g/mol. The van der Waals surface area contributed by atoms with Crippen LogP contribution in [0.1, 0.15) is 23.0 Å². The Morgan fingerprint density at radius 3 is 2.48 bits per heavy atom. The van der Waals surface area contributed by atoms with Crippen LogP contribution in [0.4, 0.5) is 18.9 Å². The number of hydrogen-bond acceptors (Lipinski definition) is 3. The first-order valence-corrected chi connectivity index (χ1v) is 6.06. The lowest BCUT2D eigenvalue weighted by atomic mass is 10.1. The molecule has 1 amide bonds. The zero-order chi connectivity index (χ0) is 15.8. The van der Waals surface area contributed by atoms with E-state index in [4.69, 9.17) is 11.6 Å². The number of pyridine rings is 1. The number of amides is 1. The van der Waals surface area contributed by atoms with E-state index in [1.807, 2.05) is 0 Å². The SMILES string of the molecule is CC(=O)Nc1cc(C(=O)Cl)nc2c(C(F)(F)F)cccc12. The van der Waals surface area contributed by atoms with Crippen molar-refractivity contribution in [3.8, 4) is 0 Å². The minimum atomic E-state index is -4.64. The molecule has 0 saturated carbocycles. The molecule has 1 aromatic carbocycles. The number of hydrogen-bond donors (Lipinski definition) is 1. The van der Waals surface area contributed by atoms with Crippen molar-refractivity contribution in [1.82, 2.24) is 4.98 Å². The maximum absolute atomic E-state index is 13.0. The first-order chi connectivity index (χ1) is 9.70. The molecule has 0 aliphatic rings. The standard InChI is InChI=1S/C13H8ClF3N2O2/c1-6(20)18-9-5-10(12(14)21)19-11-7(9)3-2-4-8(11)13(15,16)17/h2-5H,1H3,(H,18,19,20). The summed E-state index contributed by atoms with van der Waals surface area (Å²) in [6, 6.07) is 4.54. The Balaban J connectivity index is 2.84. The van der Waals surface area contributed by atoms with Crippen LogP contribution in [-0.4, -0.2) is 16.1 Å². The number of fused-ring (bicyclic) bond motifs is 1. The van der Waals surface area contributed by atoms with E-state index in [1.165, 1.54) is 19.1 Å². The van der Waals surface area contributed by atoms with Crippen LogP contribution in [0.2, 0.25) is 0 Å². The van der Waals surface area contributed by atoms with Gasteiger partial charge in [-0.05, 0) is 23.7 Å². The van der Waals surface area contributed by atoms with Crippen LogP contribution < -0.4 is 5.32 Å². The molecule has 0 bridgehead atoms. The van der Waals surface area contributed by atoms with Crippen molar-refractivity contribution in [3.63, 3.8) is 0 Å². The second-order valence-electron chi connectivity index (χ2n) is 4.21. The Bertz CT molecular complexity index is 744. The van der Waals surface area contributed by atoms with Gasteiger partial charge in [0.15, 0.2) is 0 Å². The third-order valence-corrected chi connectivity index (χ3v) is 2.85. The van der Waals surface area contributed by atoms with Crippen LogP contribution >= 0.6 is 11.6 Å². The smallest absolute Gasteiger partial charge is 0.326 e. The van der Waals surface area contributed by atoms with Gasteiger partial charge in [-0.2, -0.15) is 13.2 Å². The lowest BCUT2D eigenvalue weighted by Gasteiger charge is -2.13. The van der Waals surface area contributed by atoms with Gasteiger partial charge in [-0.15, -0.1) is 0 Å². The Morgan fingerprint density at radius 1 is 1.29 bits per heavy atom. The van der Waals surface area contributed by atoms with Crippen molar-refractivity contribution in [3.05, 3.63) is 35.5 Å². The molecule has 4 nitrogen and oxygen atoms in total. The maximum atomic E-state index is 13.0. The molecule has 21 heavy (non-hydrogen) atoms. The summed E-state index contributed by atoms with van der Waals surface area (Å²) < 4.78 is 39.0. The fourth-order valence-corrected chi connectivity index (χ4v) is 1.97. The molecule has 0 spiro atoms. The average Bonchev–Trinajstić information content (AvgIpc) is 2.35. The minimum Gasteiger partial charge on any atom is -0.326 e. The summed E-state index contributed by atoms with van der Waals surface area (Å²) in [4.78, 5) is 26.0. The highest BCUT2D eigenvalue weighted by molar-refractivity contribution is 6.67. The second-order valence-corrected chi connectivity index (χ2v) is 4.55. The van der Waals surface area contributed by atoms with Crippen LogP contribution in [0.15, 0.2) is 24.3 Å². The van der Waals surface area contributed by atoms with E-state index in [9.17, 15) is 22.8 Å². The molecule has 0 aliphatic heterocycles. The highest BCUT2D eigenvalue weighted by Gasteiger charge is 2.33. The van der Waals surface area contributed by atoms with Crippen molar-refractivity contribution in [2.24, 2.45) is 0 Å². The summed E-state index contributed by atoms with van der Waals surface area (Å²) in [7, 11) is 0. The quantitative estimate of drug-likeness (QED) is 0.861. The van der Waals surface area contributed by atoms with Crippen LogP contribution in [0, 0.1) is 0 Å². The number of nitrogens with zero attached hydrogens (tertiary/aromatic N) is 1. The summed E-state index contributed by atoms with van der Waals surface area (Å²) in [5, 5.41) is 1.42. The lowest BCUT2D eigenvalue weighted by Crippen LogP contribution is -2.11. The van der Waals surface area contributed by atoms with E-state index >= 15 is 0 Å². The molecule has 0 fully saturated rings. The topological polar surface area (TPSA) is 59.1 Å². The molecule has 8 heteroatoms. The van der Waals surface area contributed by atoms with E-state index in [0.717, 1.165) is 12.1 Å². The van der Waals surface area contributed by atoms with Gasteiger partial charge < -0.3 is 5.32 Å². The number of rotatable bonds is 2. The first kappa shape index (κ1) is 15.2. The zero-order valence-corrected chi connectivity index (χ0v) is 11.3. The van der Waals surface area contributed by atoms with Crippen molar-refractivity contribution >= 4 is 39.3 Å². The van der Waals surface area contributed by atoms with Crippen molar-refractivity contribution in [2.75, 3.05) is 5.32 Å². The largest absolute Gasteiger partial charge is 0.418 e. The summed E-state index contributed by atoms with van der Waals surface area (Å²) >= 11 is 5.28. The Labute approximate surface area is 121 Å². The number of benzene rings is 1. The molecular formula is C13H8ClF3N2O2. The average molecular weight is 317 g/mol. The molecular weight excluding hydrogens is 309 g/mol. The van der Waals surface area contributed by atoms with Gasteiger partial charge in [-0.1, -0.05) is 12.1 Å². The minimum absolute atomic E-state index is 0.0441. The second kappa shape index (κ2) is 5.33. The Morgan fingerprint density at radius 2 is 1.95 bits per heavy atom. The number of nitrogens with one attached hydrogen (secondary N) is 1. The van der Waals surface area contributed by atoms with Gasteiger partial charge in [0.2, 0.25) is 5.91 Å². The molecule has 2 aromatic rings. The van der Waals surface area contributed by atoms with Crippen molar-refractivity contribution in [1.29, 1.82) is 0 Å². The van der Waals surface area contributed by atoms with Gasteiger partial charge in [0, 0.05) is 12.3 Å². The highest BCUT2D eigenvalue weighted by Crippen LogP contribution is 2.36. The van der Waals surface area contributed by atoms with Crippen LogP contribution in [0.3, 0.4) is 0 Å². The predicted octanol–water partition coefficient (Wildman–Crippen LogP) is 3.59. The fraction of sp³-hybridized carbons (Fsp3) is 0.154. The number of carbonyl (C=O) groups excluding carboxylic acids is 2. The van der Waals surface area contributed by atoms with Gasteiger partial charge in [-0.25, -0.2) is 4.98 Å². The molecule has 1 aromatic heterocycles. The summed E-state index contributed by atoms with van der Waals surface area (Å²) in [6.45, 7) is 1.20. The number of anilines is 1. The maximum Gasteiger partial charge on any atom is 0.418 e. The van der Waals surface area contributed by atoms with Gasteiger partial charge in [-0.3, -0.25) is 9.59 Å². The first-order valence-electron chi connectivity index (χ1n) is 5.68. The van der Waals surface area contributed by atoms with E-state index in [-0.39, 0.29) is 16.8 Å². The zero-order valence-electron chi connectivity index (χ0n) is 10.6. The van der Waals surface area contributed by atoms with Gasteiger partial charge >= 0.3 is 6.18 Å². The Kier molecular flexibility index (Phi) is 3.87. The number of halogens is 4. The van der Waals surface area contributed by atoms with Gasteiger partial charge in [0.25, 0.3) is 5.24 Å². The highest BCUT2D eigenvalue weighted by atomic mass is 35.5. The molecule has 1 heterocycles. The number of carbonyl (C=O) groups is 2. The normalized spacial score (nSPS) is 11.5. The molecule has 0 saturated heterocycles. The summed E-state index contributed by atoms with van der Waals surface area (Å²) in [5.41, 5.74) is -1.78. The molecule has 1 N–H and O–H groups in total. The summed E-state index contributed by atoms with van der Waals surface area (Å²) in [5.74, 6) is -0.493. The van der Waals surface area contributed by atoms with Crippen LogP contribution in [0.5, 0.6) is 0 Å². The molecule has 0 atom stereocenters. The summed E-state index contributed by atoms with van der Waals surface area (Å²) in [6.07, 6.45) is -4.64. The third-order valence-electron chi connectivity index (χ3n) is 2.66. The van der Waals surface area contributed by atoms with E-state index in [0.29, 0.717) is 0 Å². The van der Waals surface area contributed by atoms with Crippen LogP contribution in [-0.2, 0) is 11.0 Å². The van der Waals surface area contributed by atoms with E-state index < -0.39 is 28.4 Å². The van der Waals surface area contributed by atoms with E-state index in [1.54, 1.807) is 0 Å². The third kappa shape index (κ3) is 3.13. The van der Waals surface area contributed by atoms with Gasteiger partial charge in [0.05, 0.1) is 16.8 Å². The number of alkyl halides is 3. The van der Waals surface area contributed by atoms with Crippen molar-refractivity contribution in [2.45, 2.75) is 13.1 Å². The number of para-hydroxylation sites is 1. The molecule has 110 valence electrons. The Hall–Kier alpha value is -2.15. The van der Waals surface area contributed by atoms with Gasteiger partial charge in [0.1, 0.15) is 5.69 Å². The van der Waals surface area contributed by atoms with Crippen LogP contribution in [0.25, 0.3) is 10.9 Å². The number of aromatic nitrogens is 1. The fourth-order valence-electron chi connectivity index (χ4n) is 1.87. The molecule has 0 aliphatic carbocycles.